The zero-order valence-corrected chi connectivity index (χ0v) is 26.7. The maximum atomic E-state index is 9.87. The first kappa shape index (κ1) is 38.4. The number of quaternary nitrogens is 1. The van der Waals surface area contributed by atoms with Crippen LogP contribution < -0.4 is 5.73 Å². The van der Waals surface area contributed by atoms with Gasteiger partial charge in [-0.25, -0.2) is 0 Å². The van der Waals surface area contributed by atoms with Crippen LogP contribution >= 0.6 is 7.81 Å². The molecule has 0 bridgehead atoms. The molecule has 1 nitrogen and oxygen atoms in total. The van der Waals surface area contributed by atoms with E-state index in [0.29, 0.717) is 0 Å². The fourth-order valence-electron chi connectivity index (χ4n) is 5.47. The fraction of sp³-hybridized carbons (Fsp3) is 0.647. The molecule has 3 N–H and O–H groups in total. The molecule has 0 fully saturated rings. The molecule has 0 atom stereocenters. The van der Waals surface area contributed by atoms with E-state index in [1.807, 2.05) is 0 Å². The van der Waals surface area contributed by atoms with Crippen molar-refractivity contribution in [2.75, 3.05) is 0 Å². The standard InChI is InChI=1S/C34H55N.F6P/c1-2-3-4-5-6-7-8-9-10-11-12-13-14-15-16-17-18-19-26-31-34(35,32-27-22-20-23-28-32)33-29-24-21-25-30-33;1-7(2,3,4,5)6/h20-25,27-30H,2-19,26,31,35H2,1H3;/q;-1/p+1. The summed E-state index contributed by atoms with van der Waals surface area (Å²) in [5.41, 5.74) is 7.28. The summed E-state index contributed by atoms with van der Waals surface area (Å²) >= 11 is 0. The van der Waals surface area contributed by atoms with E-state index in [0.717, 1.165) is 6.42 Å². The Morgan fingerprint density at radius 2 is 0.690 bits per heavy atom. The normalized spacial score (nSPS) is 13.6. The van der Waals surface area contributed by atoms with Gasteiger partial charge in [-0.2, -0.15) is 0 Å². The molecule has 2 aromatic carbocycles. The van der Waals surface area contributed by atoms with Crippen LogP contribution in [0.1, 0.15) is 146 Å². The summed E-state index contributed by atoms with van der Waals surface area (Å²) in [6.45, 7) is 2.30. The van der Waals surface area contributed by atoms with Gasteiger partial charge in [0.1, 0.15) is 5.54 Å². The number of benzene rings is 2. The molecule has 0 aromatic heterocycles. The summed E-state index contributed by atoms with van der Waals surface area (Å²) in [7, 11) is -10.7. The van der Waals surface area contributed by atoms with Gasteiger partial charge in [0.05, 0.1) is 0 Å². The Labute approximate surface area is 251 Å². The molecule has 2 aromatic rings. The van der Waals surface area contributed by atoms with Crippen LogP contribution in [0.5, 0.6) is 0 Å². The van der Waals surface area contributed by atoms with E-state index in [1.54, 1.807) is 0 Å². The van der Waals surface area contributed by atoms with Crippen LogP contribution in [0.3, 0.4) is 0 Å². The number of unbranched alkanes of at least 4 members (excludes halogenated alkanes) is 18. The molecule has 0 saturated heterocycles. The molecule has 0 spiro atoms. The molecule has 0 aliphatic carbocycles. The molecule has 0 saturated carbocycles. The summed E-state index contributed by atoms with van der Waals surface area (Å²) < 4.78 is 59.2. The van der Waals surface area contributed by atoms with Gasteiger partial charge in [0.25, 0.3) is 0 Å². The number of rotatable bonds is 22. The molecule has 0 radical (unpaired) electrons. The third-order valence-electron chi connectivity index (χ3n) is 7.86. The van der Waals surface area contributed by atoms with Gasteiger partial charge in [-0.1, -0.05) is 183 Å². The predicted octanol–water partition coefficient (Wildman–Crippen LogP) is 13.4. The van der Waals surface area contributed by atoms with Crippen LogP contribution in [-0.4, -0.2) is 0 Å². The van der Waals surface area contributed by atoms with E-state index in [4.69, 9.17) is 5.73 Å². The van der Waals surface area contributed by atoms with Crippen LogP contribution in [-0.2, 0) is 5.54 Å². The van der Waals surface area contributed by atoms with Crippen LogP contribution in [0.4, 0.5) is 25.2 Å². The summed E-state index contributed by atoms with van der Waals surface area (Å²) in [6, 6.07) is 21.8. The topological polar surface area (TPSA) is 27.6 Å². The van der Waals surface area contributed by atoms with E-state index < -0.39 is 7.81 Å². The molecule has 0 amide bonds. The van der Waals surface area contributed by atoms with Crippen molar-refractivity contribution < 1.29 is 30.9 Å². The van der Waals surface area contributed by atoms with Crippen molar-refractivity contribution in [2.45, 2.75) is 141 Å². The Morgan fingerprint density at radius 3 is 0.952 bits per heavy atom. The predicted molar refractivity (Wildman–Crippen MR) is 168 cm³/mol. The Morgan fingerprint density at radius 1 is 0.452 bits per heavy atom. The number of hydrogen-bond donors (Lipinski definition) is 1. The van der Waals surface area contributed by atoms with Gasteiger partial charge in [0, 0.05) is 17.5 Å². The molecular weight excluding hydrogens is 567 g/mol. The van der Waals surface area contributed by atoms with Gasteiger partial charge >= 0.3 is 33.0 Å². The zero-order chi connectivity index (χ0) is 31.3. The van der Waals surface area contributed by atoms with Gasteiger partial charge in [0.15, 0.2) is 0 Å². The molecule has 0 heterocycles. The first-order valence-corrected chi connectivity index (χ1v) is 18.3. The Kier molecular flexibility index (Phi) is 17.3. The third-order valence-corrected chi connectivity index (χ3v) is 7.86. The van der Waals surface area contributed by atoms with Crippen molar-refractivity contribution in [3.63, 3.8) is 0 Å². The first-order chi connectivity index (χ1) is 19.7. The van der Waals surface area contributed by atoms with Crippen LogP contribution in [0.25, 0.3) is 0 Å². The van der Waals surface area contributed by atoms with E-state index in [-0.39, 0.29) is 5.54 Å². The van der Waals surface area contributed by atoms with Gasteiger partial charge in [-0.05, 0) is 6.42 Å². The molecular formula is C34H56F6NP. The molecule has 0 aliphatic heterocycles. The van der Waals surface area contributed by atoms with Crippen molar-refractivity contribution >= 4 is 7.81 Å². The average Bonchev–Trinajstić information content (AvgIpc) is 2.93. The zero-order valence-electron chi connectivity index (χ0n) is 25.8. The van der Waals surface area contributed by atoms with Crippen molar-refractivity contribution in [1.29, 1.82) is 0 Å². The third kappa shape index (κ3) is 22.9. The van der Waals surface area contributed by atoms with E-state index >= 15 is 0 Å². The molecule has 42 heavy (non-hydrogen) atoms. The van der Waals surface area contributed by atoms with Crippen molar-refractivity contribution in [2.24, 2.45) is 0 Å². The second kappa shape index (κ2) is 18.9. The van der Waals surface area contributed by atoms with Crippen LogP contribution in [0.15, 0.2) is 60.7 Å². The summed E-state index contributed by atoms with van der Waals surface area (Å²) in [5, 5.41) is 0. The summed E-state index contributed by atoms with van der Waals surface area (Å²) in [4.78, 5) is 0. The fourth-order valence-corrected chi connectivity index (χ4v) is 5.47. The van der Waals surface area contributed by atoms with E-state index in [1.165, 1.54) is 133 Å². The van der Waals surface area contributed by atoms with Gasteiger partial charge in [0.2, 0.25) is 0 Å². The van der Waals surface area contributed by atoms with Crippen molar-refractivity contribution in [3.05, 3.63) is 71.8 Å². The SMILES string of the molecule is CCCCCCCCCCCCCCCCCCCCCC([NH3+])(c1ccccc1)c1ccccc1.F[P-](F)(F)(F)(F)F. The Hall–Kier alpha value is -1.59. The quantitative estimate of drug-likeness (QED) is 0.0768. The van der Waals surface area contributed by atoms with Gasteiger partial charge in [-0.15, -0.1) is 0 Å². The average molecular weight is 624 g/mol. The van der Waals surface area contributed by atoms with Crippen LogP contribution in [0.2, 0.25) is 0 Å². The number of halogens is 6. The maximum absolute atomic E-state index is 10.7. The second-order valence-electron chi connectivity index (χ2n) is 11.9. The molecule has 2 rings (SSSR count). The minimum atomic E-state index is -10.7. The first-order valence-electron chi connectivity index (χ1n) is 16.2. The summed E-state index contributed by atoms with van der Waals surface area (Å²) in [5.74, 6) is 0. The monoisotopic (exact) mass is 623 g/mol. The second-order valence-corrected chi connectivity index (χ2v) is 13.8. The van der Waals surface area contributed by atoms with E-state index in [9.17, 15) is 25.2 Å². The molecule has 244 valence electrons. The molecule has 0 unspecified atom stereocenters. The van der Waals surface area contributed by atoms with Crippen LogP contribution in [0, 0.1) is 0 Å². The number of hydrogen-bond acceptors (Lipinski definition) is 0. The molecule has 8 heteroatoms. The minimum absolute atomic E-state index is 0.128. The van der Waals surface area contributed by atoms with E-state index in [2.05, 4.69) is 67.6 Å². The molecule has 0 aliphatic rings. The van der Waals surface area contributed by atoms with Gasteiger partial charge < -0.3 is 5.73 Å². The summed E-state index contributed by atoms with van der Waals surface area (Å²) in [6.07, 6.45) is 28.2. The Bertz CT molecular complexity index is 869. The van der Waals surface area contributed by atoms with Crippen molar-refractivity contribution in [1.82, 2.24) is 0 Å². The Balaban J connectivity index is 0.00000112. The van der Waals surface area contributed by atoms with Gasteiger partial charge in [-0.3, -0.25) is 0 Å². The van der Waals surface area contributed by atoms with Crippen molar-refractivity contribution in [3.8, 4) is 0 Å².